The van der Waals surface area contributed by atoms with Crippen molar-refractivity contribution in [1.29, 1.82) is 0 Å². The Kier molecular flexibility index (Phi) is 7.10. The summed E-state index contributed by atoms with van der Waals surface area (Å²) in [6, 6.07) is 25.8. The number of piperazine rings is 1. The molecule has 1 fully saturated rings. The molecule has 0 bridgehead atoms. The molecule has 0 saturated carbocycles. The predicted octanol–water partition coefficient (Wildman–Crippen LogP) is 4.28. The van der Waals surface area contributed by atoms with E-state index in [4.69, 9.17) is 22.1 Å². The summed E-state index contributed by atoms with van der Waals surface area (Å²) in [5, 5.41) is 0.731. The summed E-state index contributed by atoms with van der Waals surface area (Å²) in [5.41, 5.74) is 9.16. The Morgan fingerprint density at radius 3 is 1.91 bits per heavy atom. The van der Waals surface area contributed by atoms with Gasteiger partial charge in [-0.15, -0.1) is 0 Å². The van der Waals surface area contributed by atoms with E-state index >= 15 is 0 Å². The third-order valence-electron chi connectivity index (χ3n) is 6.08. The Bertz CT molecular complexity index is 1020. The second-order valence-electron chi connectivity index (χ2n) is 8.01. The highest BCUT2D eigenvalue weighted by Gasteiger charge is 2.32. The van der Waals surface area contributed by atoms with Crippen LogP contribution in [0.2, 0.25) is 5.02 Å². The van der Waals surface area contributed by atoms with E-state index in [1.165, 1.54) is 11.1 Å². The van der Waals surface area contributed by atoms with E-state index in [0.717, 1.165) is 42.5 Å². The first-order valence-corrected chi connectivity index (χ1v) is 11.2. The summed E-state index contributed by atoms with van der Waals surface area (Å²) < 4.78 is 5.24. The van der Waals surface area contributed by atoms with Crippen LogP contribution < -0.4 is 10.5 Å². The Hall–Kier alpha value is -2.86. The van der Waals surface area contributed by atoms with E-state index in [1.807, 2.05) is 42.5 Å². The summed E-state index contributed by atoms with van der Waals surface area (Å²) in [6.07, 6.45) is 0. The Balaban J connectivity index is 1.54. The number of primary amides is 1. The van der Waals surface area contributed by atoms with E-state index in [9.17, 15) is 4.79 Å². The predicted molar refractivity (Wildman–Crippen MR) is 128 cm³/mol. The van der Waals surface area contributed by atoms with Crippen molar-refractivity contribution in [3.63, 3.8) is 0 Å². The lowest BCUT2D eigenvalue weighted by Gasteiger charge is -2.42. The topological polar surface area (TPSA) is 58.8 Å². The van der Waals surface area contributed by atoms with Crippen molar-refractivity contribution in [2.45, 2.75) is 12.1 Å². The zero-order valence-electron chi connectivity index (χ0n) is 18.2. The summed E-state index contributed by atoms with van der Waals surface area (Å²) in [7, 11) is 1.63. The van der Waals surface area contributed by atoms with Gasteiger partial charge in [-0.2, -0.15) is 0 Å². The van der Waals surface area contributed by atoms with Crippen molar-refractivity contribution < 1.29 is 9.53 Å². The Labute approximate surface area is 194 Å². The third kappa shape index (κ3) is 4.96. The lowest BCUT2D eigenvalue weighted by atomic mass is 9.96. The minimum atomic E-state index is -0.450. The average Bonchev–Trinajstić information content (AvgIpc) is 2.82. The van der Waals surface area contributed by atoms with Gasteiger partial charge >= 0.3 is 0 Å². The largest absolute Gasteiger partial charge is 0.497 e. The number of benzene rings is 3. The molecule has 32 heavy (non-hydrogen) atoms. The second kappa shape index (κ2) is 10.2. The molecule has 0 aromatic heterocycles. The standard InChI is InChI=1S/C26H28ClN3O2/c1-32-23-13-9-21(10-14-23)25(26(28)31)30-17-15-29(16-18-30)24(19-5-3-2-4-6-19)20-7-11-22(27)12-8-20/h2-14,24-25H,15-18H2,1H3,(H2,28,31). The van der Waals surface area contributed by atoms with Crippen molar-refractivity contribution in [3.05, 3.63) is 101 Å². The van der Waals surface area contributed by atoms with Crippen LogP contribution in [0.1, 0.15) is 28.8 Å². The minimum Gasteiger partial charge on any atom is -0.497 e. The molecule has 0 spiro atoms. The molecule has 4 rings (SSSR count). The molecule has 1 heterocycles. The maximum atomic E-state index is 12.4. The van der Waals surface area contributed by atoms with Crippen LogP contribution in [-0.4, -0.2) is 49.0 Å². The fraction of sp³-hybridized carbons (Fsp3) is 0.269. The number of carbonyl (C=O) groups excluding carboxylic acids is 1. The molecule has 2 unspecified atom stereocenters. The summed E-state index contributed by atoms with van der Waals surface area (Å²) in [5.74, 6) is 0.427. The summed E-state index contributed by atoms with van der Waals surface area (Å²) in [6.45, 7) is 3.14. The van der Waals surface area contributed by atoms with Crippen LogP contribution in [0.25, 0.3) is 0 Å². The van der Waals surface area contributed by atoms with Gasteiger partial charge in [0, 0.05) is 31.2 Å². The number of nitrogens with two attached hydrogens (primary N) is 1. The quantitative estimate of drug-likeness (QED) is 0.584. The number of carbonyl (C=O) groups is 1. The van der Waals surface area contributed by atoms with Crippen LogP contribution in [0.5, 0.6) is 5.75 Å². The number of amides is 1. The molecule has 1 aliphatic rings. The first-order valence-electron chi connectivity index (χ1n) is 10.8. The van der Waals surface area contributed by atoms with E-state index in [0.29, 0.717) is 0 Å². The molecule has 1 aliphatic heterocycles. The van der Waals surface area contributed by atoms with E-state index in [1.54, 1.807) is 7.11 Å². The molecule has 0 radical (unpaired) electrons. The van der Waals surface area contributed by atoms with Gasteiger partial charge in [0.15, 0.2) is 0 Å². The van der Waals surface area contributed by atoms with Gasteiger partial charge in [-0.25, -0.2) is 0 Å². The fourth-order valence-electron chi connectivity index (χ4n) is 4.49. The average molecular weight is 450 g/mol. The van der Waals surface area contributed by atoms with Gasteiger partial charge in [0.25, 0.3) is 0 Å². The van der Waals surface area contributed by atoms with Crippen molar-refractivity contribution in [3.8, 4) is 5.75 Å². The van der Waals surface area contributed by atoms with Crippen LogP contribution in [0, 0.1) is 0 Å². The first-order chi connectivity index (χ1) is 15.6. The highest BCUT2D eigenvalue weighted by Crippen LogP contribution is 2.32. The Morgan fingerprint density at radius 2 is 1.34 bits per heavy atom. The molecule has 3 aromatic rings. The van der Waals surface area contributed by atoms with Gasteiger partial charge in [-0.3, -0.25) is 14.6 Å². The zero-order chi connectivity index (χ0) is 22.5. The molecule has 1 saturated heterocycles. The van der Waals surface area contributed by atoms with Crippen LogP contribution in [0.15, 0.2) is 78.9 Å². The van der Waals surface area contributed by atoms with Crippen molar-refractivity contribution in [2.24, 2.45) is 5.73 Å². The second-order valence-corrected chi connectivity index (χ2v) is 8.45. The maximum absolute atomic E-state index is 12.4. The lowest BCUT2D eigenvalue weighted by Crippen LogP contribution is -2.51. The molecule has 166 valence electrons. The zero-order valence-corrected chi connectivity index (χ0v) is 18.9. The maximum Gasteiger partial charge on any atom is 0.239 e. The molecular weight excluding hydrogens is 422 g/mol. The van der Waals surface area contributed by atoms with Gasteiger partial charge in [0.05, 0.1) is 13.2 Å². The highest BCUT2D eigenvalue weighted by atomic mass is 35.5. The number of hydrogen-bond acceptors (Lipinski definition) is 4. The summed E-state index contributed by atoms with van der Waals surface area (Å²) >= 11 is 6.14. The molecule has 2 N–H and O–H groups in total. The number of halogens is 1. The van der Waals surface area contributed by atoms with Crippen LogP contribution in [-0.2, 0) is 4.79 Å². The number of hydrogen-bond donors (Lipinski definition) is 1. The van der Waals surface area contributed by atoms with E-state index in [-0.39, 0.29) is 11.9 Å². The van der Waals surface area contributed by atoms with Crippen molar-refractivity contribution in [1.82, 2.24) is 9.80 Å². The Morgan fingerprint density at radius 1 is 0.812 bits per heavy atom. The van der Waals surface area contributed by atoms with Crippen LogP contribution in [0.3, 0.4) is 0 Å². The SMILES string of the molecule is COc1ccc(C(C(N)=O)N2CCN(C(c3ccccc3)c3ccc(Cl)cc3)CC2)cc1. The van der Waals surface area contributed by atoms with Crippen LogP contribution >= 0.6 is 11.6 Å². The molecule has 0 aliphatic carbocycles. The normalized spacial score (nSPS) is 16.9. The van der Waals surface area contributed by atoms with Gasteiger partial charge in [0.2, 0.25) is 5.91 Å². The lowest BCUT2D eigenvalue weighted by molar-refractivity contribution is -0.124. The molecule has 3 aromatic carbocycles. The first kappa shape index (κ1) is 22.3. The monoisotopic (exact) mass is 449 g/mol. The molecule has 2 atom stereocenters. The fourth-order valence-corrected chi connectivity index (χ4v) is 4.62. The van der Waals surface area contributed by atoms with Gasteiger partial charge in [-0.1, -0.05) is 66.2 Å². The van der Waals surface area contributed by atoms with Gasteiger partial charge in [0.1, 0.15) is 11.8 Å². The van der Waals surface area contributed by atoms with Crippen molar-refractivity contribution >= 4 is 17.5 Å². The molecule has 1 amide bonds. The number of nitrogens with zero attached hydrogens (tertiary/aromatic N) is 2. The molecular formula is C26H28ClN3O2. The molecule has 6 heteroatoms. The number of methoxy groups -OCH3 is 1. The van der Waals surface area contributed by atoms with E-state index in [2.05, 4.69) is 46.2 Å². The van der Waals surface area contributed by atoms with E-state index < -0.39 is 6.04 Å². The number of ether oxygens (including phenoxy) is 1. The number of rotatable bonds is 7. The highest BCUT2D eigenvalue weighted by molar-refractivity contribution is 6.30. The van der Waals surface area contributed by atoms with Crippen LogP contribution in [0.4, 0.5) is 0 Å². The summed E-state index contributed by atoms with van der Waals surface area (Å²) in [4.78, 5) is 17.0. The minimum absolute atomic E-state index is 0.128. The van der Waals surface area contributed by atoms with Gasteiger partial charge in [-0.05, 0) is 41.0 Å². The van der Waals surface area contributed by atoms with Crippen molar-refractivity contribution in [2.75, 3.05) is 33.3 Å². The molecule has 5 nitrogen and oxygen atoms in total. The van der Waals surface area contributed by atoms with Gasteiger partial charge < -0.3 is 10.5 Å². The third-order valence-corrected chi connectivity index (χ3v) is 6.33. The smallest absolute Gasteiger partial charge is 0.239 e.